The van der Waals surface area contributed by atoms with Crippen LogP contribution in [0, 0.1) is 17.0 Å². The Hall–Kier alpha value is -1.63. The zero-order valence-corrected chi connectivity index (χ0v) is 9.48. The summed E-state index contributed by atoms with van der Waals surface area (Å²) in [5, 5.41) is 10.7. The van der Waals surface area contributed by atoms with Gasteiger partial charge in [0.25, 0.3) is 5.69 Å². The molecular formula is C8H9BrN4O2. The lowest BCUT2D eigenvalue weighted by molar-refractivity contribution is -0.384. The monoisotopic (exact) mass is 272 g/mol. The summed E-state index contributed by atoms with van der Waals surface area (Å²) in [7, 11) is 0. The average Bonchev–Trinajstić information content (AvgIpc) is 2.08. The van der Waals surface area contributed by atoms with Crippen LogP contribution in [0.1, 0.15) is 5.56 Å². The molecule has 0 unspecified atom stereocenters. The predicted octanol–water partition coefficient (Wildman–Crippen LogP) is 1.57. The van der Waals surface area contributed by atoms with Gasteiger partial charge in [-0.25, -0.2) is 4.99 Å². The minimum Gasteiger partial charge on any atom is -0.370 e. The van der Waals surface area contributed by atoms with Crippen molar-refractivity contribution in [3.63, 3.8) is 0 Å². The minimum atomic E-state index is -0.528. The van der Waals surface area contributed by atoms with E-state index in [4.69, 9.17) is 11.5 Å². The maximum Gasteiger partial charge on any atom is 0.296 e. The molecule has 0 aliphatic rings. The van der Waals surface area contributed by atoms with Crippen LogP contribution in [-0.2, 0) is 0 Å². The highest BCUT2D eigenvalue weighted by Gasteiger charge is 2.17. The van der Waals surface area contributed by atoms with Crippen LogP contribution >= 0.6 is 15.9 Å². The summed E-state index contributed by atoms with van der Waals surface area (Å²) in [6, 6.07) is 3.11. The number of benzene rings is 1. The van der Waals surface area contributed by atoms with Gasteiger partial charge in [0.1, 0.15) is 0 Å². The van der Waals surface area contributed by atoms with E-state index in [-0.39, 0.29) is 17.3 Å². The number of aryl methyl sites for hydroxylation is 1. The second kappa shape index (κ2) is 4.26. The third-order valence-electron chi connectivity index (χ3n) is 1.63. The molecule has 0 saturated carbocycles. The van der Waals surface area contributed by atoms with E-state index in [1.807, 2.05) is 0 Å². The Balaban J connectivity index is 3.47. The van der Waals surface area contributed by atoms with Gasteiger partial charge in [0.15, 0.2) is 11.6 Å². The molecule has 1 rings (SSSR count). The van der Waals surface area contributed by atoms with E-state index in [9.17, 15) is 10.1 Å². The van der Waals surface area contributed by atoms with Crippen LogP contribution in [0.3, 0.4) is 0 Å². The molecule has 0 spiro atoms. The van der Waals surface area contributed by atoms with Crippen LogP contribution in [0.2, 0.25) is 0 Å². The summed E-state index contributed by atoms with van der Waals surface area (Å²) in [5.41, 5.74) is 11.1. The molecule has 1 aromatic carbocycles. The fourth-order valence-corrected chi connectivity index (χ4v) is 1.75. The Labute approximate surface area is 94.3 Å². The lowest BCUT2D eigenvalue weighted by Crippen LogP contribution is -2.22. The predicted molar refractivity (Wildman–Crippen MR) is 61.0 cm³/mol. The molecule has 7 heteroatoms. The lowest BCUT2D eigenvalue weighted by atomic mass is 10.2. The van der Waals surface area contributed by atoms with Gasteiger partial charge >= 0.3 is 0 Å². The highest BCUT2D eigenvalue weighted by Crippen LogP contribution is 2.36. The number of hydrogen-bond donors (Lipinski definition) is 2. The normalized spacial score (nSPS) is 9.73. The standard InChI is InChI=1S/C8H9BrN4O2/c1-4-2-5(9)7(12-8(10)11)6(3-4)13(14)15/h2-3H,1H3,(H4,10,11,12). The van der Waals surface area contributed by atoms with Crippen LogP contribution in [0.5, 0.6) is 0 Å². The summed E-state index contributed by atoms with van der Waals surface area (Å²) >= 11 is 3.17. The number of rotatable bonds is 2. The molecule has 0 atom stereocenters. The van der Waals surface area contributed by atoms with E-state index in [0.717, 1.165) is 5.56 Å². The maximum absolute atomic E-state index is 10.7. The van der Waals surface area contributed by atoms with Gasteiger partial charge in [-0.2, -0.15) is 0 Å². The van der Waals surface area contributed by atoms with E-state index < -0.39 is 4.92 Å². The molecule has 1 aromatic rings. The number of halogens is 1. The molecule has 0 aliphatic heterocycles. The smallest absolute Gasteiger partial charge is 0.296 e. The molecule has 0 amide bonds. The molecule has 0 heterocycles. The van der Waals surface area contributed by atoms with Gasteiger partial charge in [0, 0.05) is 6.07 Å². The Morgan fingerprint density at radius 2 is 2.13 bits per heavy atom. The van der Waals surface area contributed by atoms with Gasteiger partial charge in [-0.15, -0.1) is 0 Å². The van der Waals surface area contributed by atoms with E-state index in [1.54, 1.807) is 13.0 Å². The number of guanidine groups is 1. The van der Waals surface area contributed by atoms with E-state index in [2.05, 4.69) is 20.9 Å². The van der Waals surface area contributed by atoms with Crippen molar-refractivity contribution in [2.75, 3.05) is 0 Å². The highest BCUT2D eigenvalue weighted by atomic mass is 79.9. The van der Waals surface area contributed by atoms with Crippen molar-refractivity contribution in [3.8, 4) is 0 Å². The van der Waals surface area contributed by atoms with Gasteiger partial charge in [0.2, 0.25) is 0 Å². The zero-order chi connectivity index (χ0) is 11.6. The molecule has 0 bridgehead atoms. The van der Waals surface area contributed by atoms with E-state index >= 15 is 0 Å². The average molecular weight is 273 g/mol. The van der Waals surface area contributed by atoms with Gasteiger partial charge in [-0.1, -0.05) is 0 Å². The van der Waals surface area contributed by atoms with Gasteiger partial charge in [0.05, 0.1) is 9.40 Å². The molecule has 0 aromatic heterocycles. The SMILES string of the molecule is Cc1cc(Br)c(N=C(N)N)c([N+](=O)[O-])c1. The zero-order valence-electron chi connectivity index (χ0n) is 7.90. The van der Waals surface area contributed by atoms with Crippen LogP contribution in [0.15, 0.2) is 21.6 Å². The Morgan fingerprint density at radius 3 is 2.60 bits per heavy atom. The number of aliphatic imine (C=N–C) groups is 1. The molecule has 0 radical (unpaired) electrons. The van der Waals surface area contributed by atoms with Crippen molar-refractivity contribution in [2.24, 2.45) is 16.5 Å². The first-order valence-corrected chi connectivity index (χ1v) is 4.75. The number of nitrogens with two attached hydrogens (primary N) is 2. The summed E-state index contributed by atoms with van der Waals surface area (Å²) < 4.78 is 0.489. The van der Waals surface area contributed by atoms with E-state index in [0.29, 0.717) is 4.47 Å². The maximum atomic E-state index is 10.7. The minimum absolute atomic E-state index is 0.129. The lowest BCUT2D eigenvalue weighted by Gasteiger charge is -2.02. The molecule has 15 heavy (non-hydrogen) atoms. The van der Waals surface area contributed by atoms with Crippen molar-refractivity contribution >= 4 is 33.3 Å². The summed E-state index contributed by atoms with van der Waals surface area (Å²) in [6.07, 6.45) is 0. The van der Waals surface area contributed by atoms with Crippen molar-refractivity contribution in [3.05, 3.63) is 32.3 Å². The van der Waals surface area contributed by atoms with Crippen molar-refractivity contribution in [1.29, 1.82) is 0 Å². The topological polar surface area (TPSA) is 108 Å². The number of hydrogen-bond acceptors (Lipinski definition) is 3. The first-order chi connectivity index (χ1) is 6.91. The third kappa shape index (κ3) is 2.66. The van der Waals surface area contributed by atoms with Crippen LogP contribution < -0.4 is 11.5 Å². The van der Waals surface area contributed by atoms with Gasteiger partial charge in [-0.05, 0) is 34.5 Å². The Bertz CT molecular complexity index is 441. The number of nitro groups is 1. The van der Waals surface area contributed by atoms with Gasteiger partial charge < -0.3 is 11.5 Å². The quantitative estimate of drug-likeness (QED) is 0.369. The summed E-state index contributed by atoms with van der Waals surface area (Å²) in [5.74, 6) is -0.220. The van der Waals surface area contributed by atoms with Crippen molar-refractivity contribution in [2.45, 2.75) is 6.92 Å². The Morgan fingerprint density at radius 1 is 1.53 bits per heavy atom. The fraction of sp³-hybridized carbons (Fsp3) is 0.125. The molecule has 80 valence electrons. The molecule has 0 aliphatic carbocycles. The number of nitro benzene ring substituents is 1. The first-order valence-electron chi connectivity index (χ1n) is 3.96. The first kappa shape index (κ1) is 11.4. The fourth-order valence-electron chi connectivity index (χ4n) is 1.10. The van der Waals surface area contributed by atoms with Crippen LogP contribution in [0.4, 0.5) is 11.4 Å². The van der Waals surface area contributed by atoms with Crippen molar-refractivity contribution in [1.82, 2.24) is 0 Å². The molecular weight excluding hydrogens is 264 g/mol. The van der Waals surface area contributed by atoms with Crippen LogP contribution in [0.25, 0.3) is 0 Å². The Kier molecular flexibility index (Phi) is 3.25. The second-order valence-corrected chi connectivity index (χ2v) is 3.76. The summed E-state index contributed by atoms with van der Waals surface area (Å²) in [4.78, 5) is 13.9. The van der Waals surface area contributed by atoms with E-state index in [1.165, 1.54) is 6.07 Å². The van der Waals surface area contributed by atoms with Crippen LogP contribution in [-0.4, -0.2) is 10.9 Å². The second-order valence-electron chi connectivity index (χ2n) is 2.91. The molecule has 0 fully saturated rings. The largest absolute Gasteiger partial charge is 0.370 e. The third-order valence-corrected chi connectivity index (χ3v) is 2.23. The van der Waals surface area contributed by atoms with Crippen molar-refractivity contribution < 1.29 is 4.92 Å². The number of nitrogens with zero attached hydrogens (tertiary/aromatic N) is 2. The summed E-state index contributed by atoms with van der Waals surface area (Å²) in [6.45, 7) is 1.75. The molecule has 6 nitrogen and oxygen atoms in total. The molecule has 4 N–H and O–H groups in total. The van der Waals surface area contributed by atoms with Gasteiger partial charge in [-0.3, -0.25) is 10.1 Å². The highest BCUT2D eigenvalue weighted by molar-refractivity contribution is 9.10. The molecule has 0 saturated heterocycles.